The van der Waals surface area contributed by atoms with Crippen LogP contribution in [0.15, 0.2) is 0 Å². The van der Waals surface area contributed by atoms with Crippen molar-refractivity contribution < 1.29 is 9.53 Å². The van der Waals surface area contributed by atoms with Gasteiger partial charge in [0.05, 0.1) is 6.61 Å². The van der Waals surface area contributed by atoms with Crippen LogP contribution >= 0.6 is 0 Å². The first kappa shape index (κ1) is 15.2. The van der Waals surface area contributed by atoms with Crippen LogP contribution in [0.25, 0.3) is 0 Å². The van der Waals surface area contributed by atoms with Crippen molar-refractivity contribution in [3.63, 3.8) is 0 Å². The zero-order chi connectivity index (χ0) is 15.1. The lowest BCUT2D eigenvalue weighted by Crippen LogP contribution is -2.25. The van der Waals surface area contributed by atoms with Crippen molar-refractivity contribution in [2.45, 2.75) is 38.6 Å². The van der Waals surface area contributed by atoms with Crippen molar-refractivity contribution in [3.8, 4) is 6.01 Å². The second-order valence-corrected chi connectivity index (χ2v) is 4.71. The fourth-order valence-corrected chi connectivity index (χ4v) is 1.67. The van der Waals surface area contributed by atoms with Crippen LogP contribution in [0.2, 0.25) is 0 Å². The number of aromatic nitrogens is 3. The molecule has 0 atom stereocenters. The molecule has 0 unspecified atom stereocenters. The van der Waals surface area contributed by atoms with Gasteiger partial charge in [-0.05, 0) is 26.2 Å². The minimum atomic E-state index is 0.0919. The lowest BCUT2D eigenvalue weighted by atomic mass is 10.3. The molecule has 9 heteroatoms. The van der Waals surface area contributed by atoms with Gasteiger partial charge in [0.15, 0.2) is 0 Å². The second-order valence-electron chi connectivity index (χ2n) is 4.71. The molecule has 1 amide bonds. The van der Waals surface area contributed by atoms with Gasteiger partial charge in [0, 0.05) is 19.0 Å². The van der Waals surface area contributed by atoms with Crippen molar-refractivity contribution in [3.05, 3.63) is 0 Å². The summed E-state index contributed by atoms with van der Waals surface area (Å²) < 4.78 is 5.22. The highest BCUT2D eigenvalue weighted by atomic mass is 16.5. The molecule has 0 bridgehead atoms. The quantitative estimate of drug-likeness (QED) is 0.285. The number of nitrogen functional groups attached to an aromatic ring is 1. The third-order valence-electron chi connectivity index (χ3n) is 2.82. The number of ether oxygens (including phenoxy) is 1. The van der Waals surface area contributed by atoms with E-state index in [0.717, 1.165) is 12.8 Å². The van der Waals surface area contributed by atoms with Crippen LogP contribution in [0, 0.1) is 0 Å². The van der Waals surface area contributed by atoms with Gasteiger partial charge in [-0.3, -0.25) is 10.2 Å². The van der Waals surface area contributed by atoms with Gasteiger partial charge in [0.25, 0.3) is 0 Å². The van der Waals surface area contributed by atoms with E-state index in [-0.39, 0.29) is 17.9 Å². The summed E-state index contributed by atoms with van der Waals surface area (Å²) >= 11 is 0. The topological polar surface area (TPSA) is 127 Å². The van der Waals surface area contributed by atoms with Crippen LogP contribution < -0.4 is 26.6 Å². The Balaban J connectivity index is 1.75. The highest BCUT2D eigenvalue weighted by Gasteiger charge is 2.22. The molecule has 1 aliphatic carbocycles. The summed E-state index contributed by atoms with van der Waals surface area (Å²) in [6, 6.07) is 0.607. The molecule has 1 heterocycles. The van der Waals surface area contributed by atoms with Crippen molar-refractivity contribution in [1.29, 1.82) is 0 Å². The number of hydrogen-bond donors (Lipinski definition) is 4. The number of carbonyl (C=O) groups excluding carboxylic acids is 1. The number of nitrogens with zero attached hydrogens (tertiary/aromatic N) is 3. The minimum absolute atomic E-state index is 0.0919. The first-order chi connectivity index (χ1) is 10.2. The van der Waals surface area contributed by atoms with Gasteiger partial charge in [0.2, 0.25) is 17.8 Å². The molecule has 1 aromatic rings. The van der Waals surface area contributed by atoms with E-state index in [1.54, 1.807) is 0 Å². The Kier molecular flexibility index (Phi) is 5.50. The number of anilines is 2. The molecule has 0 radical (unpaired) electrons. The molecule has 0 saturated heterocycles. The van der Waals surface area contributed by atoms with E-state index < -0.39 is 0 Å². The van der Waals surface area contributed by atoms with Gasteiger partial charge in [0.1, 0.15) is 0 Å². The molecular formula is C12H21N7O2. The summed E-state index contributed by atoms with van der Waals surface area (Å²) in [6.07, 6.45) is 3.38. The monoisotopic (exact) mass is 295 g/mol. The Morgan fingerprint density at radius 3 is 2.76 bits per heavy atom. The summed E-state index contributed by atoms with van der Waals surface area (Å²) in [4.78, 5) is 23.6. The first-order valence-corrected chi connectivity index (χ1v) is 7.10. The van der Waals surface area contributed by atoms with E-state index in [1.807, 2.05) is 6.92 Å². The molecule has 2 rings (SSSR count). The van der Waals surface area contributed by atoms with Crippen LogP contribution in [-0.2, 0) is 4.79 Å². The maximum absolute atomic E-state index is 11.5. The Bertz CT molecular complexity index is 479. The Morgan fingerprint density at radius 2 is 2.10 bits per heavy atom. The maximum atomic E-state index is 11.5. The van der Waals surface area contributed by atoms with Gasteiger partial charge >= 0.3 is 6.01 Å². The molecule has 1 saturated carbocycles. The van der Waals surface area contributed by atoms with Crippen LogP contribution in [0.5, 0.6) is 6.01 Å². The van der Waals surface area contributed by atoms with Crippen molar-refractivity contribution in [2.75, 3.05) is 23.9 Å². The molecule has 0 aromatic carbocycles. The van der Waals surface area contributed by atoms with Crippen molar-refractivity contribution >= 4 is 17.8 Å². The molecule has 116 valence electrons. The van der Waals surface area contributed by atoms with E-state index in [1.165, 1.54) is 0 Å². The van der Waals surface area contributed by atoms with E-state index in [0.29, 0.717) is 38.0 Å². The average molecular weight is 295 g/mol. The largest absolute Gasteiger partial charge is 0.464 e. The van der Waals surface area contributed by atoms with Gasteiger partial charge < -0.3 is 15.4 Å². The number of rotatable bonds is 9. The predicted octanol–water partition coefficient (Wildman–Crippen LogP) is 0.0266. The van der Waals surface area contributed by atoms with E-state index in [4.69, 9.17) is 10.6 Å². The van der Waals surface area contributed by atoms with Gasteiger partial charge in [-0.25, -0.2) is 5.84 Å². The highest BCUT2D eigenvalue weighted by Crippen LogP contribution is 2.18. The van der Waals surface area contributed by atoms with Gasteiger partial charge in [-0.1, -0.05) is 0 Å². The number of hydrazine groups is 1. The van der Waals surface area contributed by atoms with E-state index in [2.05, 4.69) is 31.0 Å². The molecule has 21 heavy (non-hydrogen) atoms. The Labute approximate surface area is 123 Å². The van der Waals surface area contributed by atoms with Crippen molar-refractivity contribution in [2.24, 2.45) is 5.84 Å². The average Bonchev–Trinajstić information content (AvgIpc) is 3.27. The van der Waals surface area contributed by atoms with Gasteiger partial charge in [-0.2, -0.15) is 15.0 Å². The first-order valence-electron chi connectivity index (χ1n) is 7.10. The highest BCUT2D eigenvalue weighted by molar-refractivity contribution is 5.76. The number of nitrogens with one attached hydrogen (secondary N) is 3. The minimum Gasteiger partial charge on any atom is -0.464 e. The van der Waals surface area contributed by atoms with Crippen LogP contribution in [0.3, 0.4) is 0 Å². The van der Waals surface area contributed by atoms with Crippen LogP contribution in [0.4, 0.5) is 11.9 Å². The number of nitrogens with two attached hydrogens (primary N) is 1. The third-order valence-corrected chi connectivity index (χ3v) is 2.82. The maximum Gasteiger partial charge on any atom is 0.323 e. The molecule has 9 nitrogen and oxygen atoms in total. The lowest BCUT2D eigenvalue weighted by molar-refractivity contribution is -0.121. The number of hydrogen-bond acceptors (Lipinski definition) is 8. The number of amides is 1. The number of carbonyl (C=O) groups is 1. The van der Waals surface area contributed by atoms with Crippen molar-refractivity contribution in [1.82, 2.24) is 20.3 Å². The fourth-order valence-electron chi connectivity index (χ4n) is 1.67. The lowest BCUT2D eigenvalue weighted by Gasteiger charge is -2.08. The van der Waals surface area contributed by atoms with Crippen LogP contribution in [-0.4, -0.2) is 40.1 Å². The Hall–Kier alpha value is -2.16. The van der Waals surface area contributed by atoms with Gasteiger partial charge in [-0.15, -0.1) is 0 Å². The van der Waals surface area contributed by atoms with Crippen LogP contribution in [0.1, 0.15) is 32.6 Å². The Morgan fingerprint density at radius 1 is 1.33 bits per heavy atom. The smallest absolute Gasteiger partial charge is 0.323 e. The summed E-state index contributed by atoms with van der Waals surface area (Å²) in [6.45, 7) is 2.87. The second kappa shape index (κ2) is 7.58. The predicted molar refractivity (Wildman–Crippen MR) is 77.7 cm³/mol. The molecule has 5 N–H and O–H groups in total. The fraction of sp³-hybridized carbons (Fsp3) is 0.667. The molecule has 0 aliphatic heterocycles. The molecule has 0 spiro atoms. The zero-order valence-corrected chi connectivity index (χ0v) is 12.1. The van der Waals surface area contributed by atoms with E-state index >= 15 is 0 Å². The molecular weight excluding hydrogens is 274 g/mol. The standard InChI is InChI=1S/C12H21N7O2/c1-2-21-12-17-10(16-11(18-12)19-13)14-7-3-4-9(20)15-8-5-6-8/h8H,2-7,13H2,1H3,(H,15,20)(H2,14,16,17,18,19). The summed E-state index contributed by atoms with van der Waals surface area (Å²) in [7, 11) is 0. The van der Waals surface area contributed by atoms with E-state index in [9.17, 15) is 4.79 Å². The SMILES string of the molecule is CCOc1nc(NN)nc(NCCCC(=O)NC2CC2)n1. The molecule has 1 aliphatic rings. The summed E-state index contributed by atoms with van der Waals surface area (Å²) in [5.74, 6) is 5.97. The third kappa shape index (κ3) is 5.38. The normalized spacial score (nSPS) is 13.6. The molecule has 1 fully saturated rings. The summed E-state index contributed by atoms with van der Waals surface area (Å²) in [5, 5.41) is 5.97. The molecule has 1 aromatic heterocycles. The summed E-state index contributed by atoms with van der Waals surface area (Å²) in [5.41, 5.74) is 2.36. The zero-order valence-electron chi connectivity index (χ0n) is 12.1.